The second kappa shape index (κ2) is 7.77. The number of rotatable bonds is 7. The Kier molecular flexibility index (Phi) is 5.75. The Balaban J connectivity index is 2.04. The summed E-state index contributed by atoms with van der Waals surface area (Å²) >= 11 is 0. The van der Waals surface area contributed by atoms with E-state index in [1.807, 2.05) is 12.1 Å². The van der Waals surface area contributed by atoms with Crippen LogP contribution in [0.2, 0.25) is 0 Å². The van der Waals surface area contributed by atoms with E-state index in [0.717, 1.165) is 24.0 Å². The average Bonchev–Trinajstić information content (AvgIpc) is 3.38. The van der Waals surface area contributed by atoms with Crippen molar-refractivity contribution in [2.45, 2.75) is 19.4 Å². The summed E-state index contributed by atoms with van der Waals surface area (Å²) in [5, 5.41) is 6.63. The maximum Gasteiger partial charge on any atom is 0.203 e. The first kappa shape index (κ1) is 16.3. The predicted octanol–water partition coefficient (Wildman–Crippen LogP) is 1.79. The van der Waals surface area contributed by atoms with Crippen LogP contribution in [0.4, 0.5) is 0 Å². The normalized spacial score (nSPS) is 14.5. The van der Waals surface area contributed by atoms with Crippen LogP contribution in [-0.2, 0) is 6.54 Å². The molecule has 1 aliphatic carbocycles. The zero-order valence-corrected chi connectivity index (χ0v) is 13.7. The molecule has 122 valence electrons. The maximum atomic E-state index is 5.48. The van der Waals surface area contributed by atoms with Crippen LogP contribution in [0.1, 0.15) is 18.4 Å². The van der Waals surface area contributed by atoms with Gasteiger partial charge in [-0.15, -0.1) is 0 Å². The van der Waals surface area contributed by atoms with Crippen molar-refractivity contribution >= 4 is 5.96 Å². The lowest BCUT2D eigenvalue weighted by Crippen LogP contribution is -2.37. The Hall–Kier alpha value is -2.11. The number of hydrogen-bond donors (Lipinski definition) is 2. The average molecular weight is 307 g/mol. The highest BCUT2D eigenvalue weighted by Gasteiger charge is 2.21. The van der Waals surface area contributed by atoms with Gasteiger partial charge < -0.3 is 24.8 Å². The van der Waals surface area contributed by atoms with E-state index in [1.165, 1.54) is 12.8 Å². The van der Waals surface area contributed by atoms with E-state index < -0.39 is 0 Å². The largest absolute Gasteiger partial charge is 0.493 e. The quantitative estimate of drug-likeness (QED) is 0.594. The van der Waals surface area contributed by atoms with Gasteiger partial charge in [0.15, 0.2) is 17.5 Å². The van der Waals surface area contributed by atoms with Crippen molar-refractivity contribution in [3.63, 3.8) is 0 Å². The number of ether oxygens (including phenoxy) is 3. The van der Waals surface area contributed by atoms with E-state index in [4.69, 9.17) is 14.2 Å². The smallest absolute Gasteiger partial charge is 0.203 e. The Morgan fingerprint density at radius 3 is 2.36 bits per heavy atom. The lowest BCUT2D eigenvalue weighted by atomic mass is 10.1. The molecule has 1 aliphatic rings. The Bertz CT molecular complexity index is 528. The van der Waals surface area contributed by atoms with E-state index in [1.54, 1.807) is 28.4 Å². The fraction of sp³-hybridized carbons (Fsp3) is 0.562. The molecule has 0 saturated heterocycles. The molecule has 1 aromatic rings. The summed E-state index contributed by atoms with van der Waals surface area (Å²) in [7, 11) is 6.61. The van der Waals surface area contributed by atoms with Crippen LogP contribution < -0.4 is 24.8 Å². The zero-order chi connectivity index (χ0) is 15.9. The third-order valence-electron chi connectivity index (χ3n) is 3.71. The third-order valence-corrected chi connectivity index (χ3v) is 3.71. The van der Waals surface area contributed by atoms with Crippen LogP contribution in [0.15, 0.2) is 17.1 Å². The van der Waals surface area contributed by atoms with Crippen molar-refractivity contribution in [1.82, 2.24) is 10.6 Å². The summed E-state index contributed by atoms with van der Waals surface area (Å²) in [6, 6.07) is 3.83. The van der Waals surface area contributed by atoms with E-state index in [9.17, 15) is 0 Å². The minimum Gasteiger partial charge on any atom is -0.493 e. The fourth-order valence-corrected chi connectivity index (χ4v) is 2.26. The van der Waals surface area contributed by atoms with E-state index in [2.05, 4.69) is 15.6 Å². The molecule has 0 atom stereocenters. The highest BCUT2D eigenvalue weighted by Crippen LogP contribution is 2.39. The third kappa shape index (κ3) is 3.96. The van der Waals surface area contributed by atoms with Crippen LogP contribution in [0.5, 0.6) is 17.2 Å². The molecule has 0 radical (unpaired) electrons. The molecule has 0 aromatic heterocycles. The van der Waals surface area contributed by atoms with Crippen LogP contribution in [0.3, 0.4) is 0 Å². The Labute approximate surface area is 131 Å². The van der Waals surface area contributed by atoms with Crippen LogP contribution in [0, 0.1) is 5.92 Å². The van der Waals surface area contributed by atoms with Gasteiger partial charge in [0.05, 0.1) is 21.3 Å². The minimum atomic E-state index is 0.591. The summed E-state index contributed by atoms with van der Waals surface area (Å²) in [4.78, 5) is 4.23. The van der Waals surface area contributed by atoms with Crippen LogP contribution >= 0.6 is 0 Å². The van der Waals surface area contributed by atoms with Gasteiger partial charge in [-0.05, 0) is 30.9 Å². The van der Waals surface area contributed by atoms with Gasteiger partial charge in [0.1, 0.15) is 0 Å². The molecule has 0 unspecified atom stereocenters. The first-order chi connectivity index (χ1) is 10.7. The van der Waals surface area contributed by atoms with Crippen molar-refractivity contribution in [2.24, 2.45) is 10.9 Å². The number of nitrogens with zero attached hydrogens (tertiary/aromatic N) is 1. The fourth-order valence-electron chi connectivity index (χ4n) is 2.26. The second-order valence-electron chi connectivity index (χ2n) is 5.24. The van der Waals surface area contributed by atoms with Crippen LogP contribution in [-0.4, -0.2) is 40.9 Å². The molecule has 0 amide bonds. The number of aliphatic imine (C=N–C) groups is 1. The molecule has 1 aromatic carbocycles. The first-order valence-electron chi connectivity index (χ1n) is 7.45. The molecule has 6 heteroatoms. The Morgan fingerprint density at radius 1 is 1.09 bits per heavy atom. The molecule has 2 rings (SSSR count). The summed E-state index contributed by atoms with van der Waals surface area (Å²) in [5.74, 6) is 3.52. The highest BCUT2D eigenvalue weighted by molar-refractivity contribution is 5.79. The van der Waals surface area contributed by atoms with E-state index >= 15 is 0 Å². The predicted molar refractivity (Wildman–Crippen MR) is 87.0 cm³/mol. The number of guanidine groups is 1. The van der Waals surface area contributed by atoms with Crippen molar-refractivity contribution in [1.29, 1.82) is 0 Å². The van der Waals surface area contributed by atoms with Gasteiger partial charge >= 0.3 is 0 Å². The van der Waals surface area contributed by atoms with Gasteiger partial charge in [0.2, 0.25) is 5.75 Å². The lowest BCUT2D eigenvalue weighted by molar-refractivity contribution is 0.322. The highest BCUT2D eigenvalue weighted by atomic mass is 16.5. The van der Waals surface area contributed by atoms with Crippen LogP contribution in [0.25, 0.3) is 0 Å². The summed E-state index contributed by atoms with van der Waals surface area (Å²) in [6.07, 6.45) is 2.63. The molecule has 6 nitrogen and oxygen atoms in total. The molecule has 2 N–H and O–H groups in total. The topological polar surface area (TPSA) is 64.1 Å². The van der Waals surface area contributed by atoms with Gasteiger partial charge in [0.25, 0.3) is 0 Å². The Morgan fingerprint density at radius 2 is 1.82 bits per heavy atom. The van der Waals surface area contributed by atoms with E-state index in [-0.39, 0.29) is 0 Å². The van der Waals surface area contributed by atoms with Gasteiger partial charge in [0, 0.05) is 25.7 Å². The minimum absolute atomic E-state index is 0.591. The molecular formula is C16H25N3O3. The second-order valence-corrected chi connectivity index (χ2v) is 5.24. The monoisotopic (exact) mass is 307 g/mol. The molecule has 1 fully saturated rings. The summed E-state index contributed by atoms with van der Waals surface area (Å²) < 4.78 is 16.2. The van der Waals surface area contributed by atoms with Crippen molar-refractivity contribution in [2.75, 3.05) is 34.9 Å². The molecule has 1 saturated carbocycles. The number of hydrogen-bond acceptors (Lipinski definition) is 4. The number of methoxy groups -OCH3 is 3. The summed E-state index contributed by atoms with van der Waals surface area (Å²) in [5.41, 5.74) is 0.981. The zero-order valence-electron chi connectivity index (χ0n) is 13.7. The number of nitrogens with one attached hydrogen (secondary N) is 2. The molecule has 0 bridgehead atoms. The van der Waals surface area contributed by atoms with Gasteiger partial charge in [-0.3, -0.25) is 4.99 Å². The van der Waals surface area contributed by atoms with Crippen molar-refractivity contribution in [3.8, 4) is 17.2 Å². The maximum absolute atomic E-state index is 5.48. The summed E-state index contributed by atoms with van der Waals surface area (Å²) in [6.45, 7) is 1.57. The van der Waals surface area contributed by atoms with Gasteiger partial charge in [-0.25, -0.2) is 0 Å². The molecule has 0 heterocycles. The van der Waals surface area contributed by atoms with Gasteiger partial charge in [-0.1, -0.05) is 0 Å². The van der Waals surface area contributed by atoms with E-state index in [0.29, 0.717) is 23.8 Å². The lowest BCUT2D eigenvalue weighted by Gasteiger charge is -2.17. The molecule has 22 heavy (non-hydrogen) atoms. The first-order valence-corrected chi connectivity index (χ1v) is 7.45. The molecule has 0 aliphatic heterocycles. The van der Waals surface area contributed by atoms with Crippen molar-refractivity contribution < 1.29 is 14.2 Å². The molecule has 0 spiro atoms. The van der Waals surface area contributed by atoms with Crippen molar-refractivity contribution in [3.05, 3.63) is 17.7 Å². The van der Waals surface area contributed by atoms with Gasteiger partial charge in [-0.2, -0.15) is 0 Å². The SMILES string of the molecule is CN=C(NCc1ccc(OC)c(OC)c1OC)NCC1CC1. The standard InChI is InChI=1S/C16H25N3O3/c1-17-16(18-9-11-5-6-11)19-10-12-7-8-13(20-2)15(22-4)14(12)21-3/h7-8,11H,5-6,9-10H2,1-4H3,(H2,17,18,19). The molecular weight excluding hydrogens is 282 g/mol. The number of benzene rings is 1.